The molecule has 1 aliphatic heterocycles. The first-order valence-electron chi connectivity index (χ1n) is 5.89. The molecule has 0 radical (unpaired) electrons. The smallest absolute Gasteiger partial charge is 0.191 e. The zero-order valence-electron chi connectivity index (χ0n) is 9.83. The van der Waals surface area contributed by atoms with E-state index in [4.69, 9.17) is 4.42 Å². The Morgan fingerprint density at radius 3 is 2.89 bits per heavy atom. The van der Waals surface area contributed by atoms with Crippen molar-refractivity contribution in [1.29, 1.82) is 0 Å². The van der Waals surface area contributed by atoms with Gasteiger partial charge in [0.1, 0.15) is 11.2 Å². The minimum atomic E-state index is -0.101. The highest BCUT2D eigenvalue weighted by Crippen LogP contribution is 2.29. The van der Waals surface area contributed by atoms with Gasteiger partial charge in [-0.1, -0.05) is 12.1 Å². The van der Waals surface area contributed by atoms with Crippen LogP contribution < -0.4 is 5.43 Å². The van der Waals surface area contributed by atoms with Crippen LogP contribution in [0.5, 0.6) is 0 Å². The van der Waals surface area contributed by atoms with Crippen LogP contribution in [0, 0.1) is 0 Å². The molecule has 0 fully saturated rings. The minimum absolute atomic E-state index is 0.101. The van der Waals surface area contributed by atoms with Crippen LogP contribution in [0.1, 0.15) is 0 Å². The summed E-state index contributed by atoms with van der Waals surface area (Å²) in [6.07, 6.45) is 3.21. The third-order valence-corrected chi connectivity index (χ3v) is 3.15. The van der Waals surface area contributed by atoms with Crippen LogP contribution in [0.15, 0.2) is 58.0 Å². The van der Waals surface area contributed by atoms with E-state index in [0.717, 1.165) is 10.9 Å². The lowest BCUT2D eigenvalue weighted by atomic mass is 10.1. The van der Waals surface area contributed by atoms with E-state index < -0.39 is 0 Å². The number of fused-ring (bicyclic) bond motifs is 4. The Balaban J connectivity index is 2.30. The summed E-state index contributed by atoms with van der Waals surface area (Å²) in [5.41, 5.74) is 2.03. The molecule has 0 unspecified atom stereocenters. The van der Waals surface area contributed by atoms with Crippen molar-refractivity contribution in [2.24, 2.45) is 0 Å². The van der Waals surface area contributed by atoms with Gasteiger partial charge in [0.2, 0.25) is 0 Å². The molecule has 4 nitrogen and oxygen atoms in total. The molecule has 19 heavy (non-hydrogen) atoms. The molecule has 0 bridgehead atoms. The maximum Gasteiger partial charge on any atom is 0.191 e. The van der Waals surface area contributed by atoms with Crippen molar-refractivity contribution in [3.8, 4) is 11.5 Å². The summed E-state index contributed by atoms with van der Waals surface area (Å²) in [5, 5.41) is 1.33. The molecule has 2 aromatic rings. The minimum Gasteiger partial charge on any atom is -0.453 e. The van der Waals surface area contributed by atoms with E-state index in [2.05, 4.69) is 9.97 Å². The van der Waals surface area contributed by atoms with E-state index in [1.807, 2.05) is 24.3 Å². The Bertz CT molecular complexity index is 943. The third-order valence-electron chi connectivity index (χ3n) is 3.15. The Kier molecular flexibility index (Phi) is 1.94. The fourth-order valence-electron chi connectivity index (χ4n) is 2.26. The molecule has 2 heterocycles. The zero-order valence-corrected chi connectivity index (χ0v) is 9.83. The summed E-state index contributed by atoms with van der Waals surface area (Å²) in [6.45, 7) is 0. The maximum absolute atomic E-state index is 12.0. The molecule has 2 aliphatic rings. The molecule has 4 heteroatoms. The predicted molar refractivity (Wildman–Crippen MR) is 72.2 cm³/mol. The molecule has 0 N–H and O–H groups in total. The summed E-state index contributed by atoms with van der Waals surface area (Å²) in [7, 11) is 0. The monoisotopic (exact) mass is 248 g/mol. The van der Waals surface area contributed by atoms with Crippen LogP contribution in [0.4, 0.5) is 0 Å². The summed E-state index contributed by atoms with van der Waals surface area (Å²) in [6, 6.07) is 10.8. The molecule has 0 saturated heterocycles. The number of hydrogen-bond donors (Lipinski definition) is 0. The molecule has 0 atom stereocenters. The van der Waals surface area contributed by atoms with Crippen molar-refractivity contribution < 1.29 is 4.42 Å². The van der Waals surface area contributed by atoms with Gasteiger partial charge in [-0.3, -0.25) is 9.78 Å². The van der Waals surface area contributed by atoms with Crippen molar-refractivity contribution >= 4 is 21.9 Å². The first-order valence-corrected chi connectivity index (χ1v) is 5.89. The molecule has 1 aliphatic carbocycles. The highest BCUT2D eigenvalue weighted by atomic mass is 16.3. The lowest BCUT2D eigenvalue weighted by Gasteiger charge is -2.08. The second-order valence-electron chi connectivity index (χ2n) is 4.32. The van der Waals surface area contributed by atoms with Gasteiger partial charge < -0.3 is 4.42 Å². The normalized spacial score (nSPS) is 11.4. The summed E-state index contributed by atoms with van der Waals surface area (Å²) in [5.74, 6) is 0.502. The van der Waals surface area contributed by atoms with Crippen molar-refractivity contribution in [2.75, 3.05) is 0 Å². The Morgan fingerprint density at radius 1 is 1.05 bits per heavy atom. The number of pyridine rings is 1. The van der Waals surface area contributed by atoms with Crippen LogP contribution in [0.3, 0.4) is 0 Å². The summed E-state index contributed by atoms with van der Waals surface area (Å²) in [4.78, 5) is 20.6. The largest absolute Gasteiger partial charge is 0.453 e. The zero-order chi connectivity index (χ0) is 12.8. The second kappa shape index (κ2) is 3.62. The number of benzene rings is 2. The molecule has 0 spiro atoms. The molecular formula is C15H8N2O2. The summed E-state index contributed by atoms with van der Waals surface area (Å²) >= 11 is 0. The van der Waals surface area contributed by atoms with Gasteiger partial charge in [-0.25, -0.2) is 4.98 Å². The molecule has 90 valence electrons. The van der Waals surface area contributed by atoms with E-state index in [1.54, 1.807) is 18.5 Å². The average molecular weight is 248 g/mol. The fourth-order valence-corrected chi connectivity index (χ4v) is 2.26. The van der Waals surface area contributed by atoms with E-state index in [0.29, 0.717) is 22.4 Å². The first-order chi connectivity index (χ1) is 9.33. The van der Waals surface area contributed by atoms with Crippen LogP contribution in [-0.2, 0) is 0 Å². The van der Waals surface area contributed by atoms with Crippen molar-refractivity contribution in [2.45, 2.75) is 0 Å². The first kappa shape index (κ1) is 10.2. The molecule has 1 aromatic heterocycles. The van der Waals surface area contributed by atoms with E-state index in [9.17, 15) is 4.79 Å². The number of hydrogen-bond acceptors (Lipinski definition) is 4. The highest BCUT2D eigenvalue weighted by Gasteiger charge is 2.14. The van der Waals surface area contributed by atoms with Gasteiger partial charge in [-0.2, -0.15) is 0 Å². The van der Waals surface area contributed by atoms with Crippen LogP contribution in [0.2, 0.25) is 0 Å². The van der Waals surface area contributed by atoms with Crippen molar-refractivity contribution in [3.05, 3.63) is 59.0 Å². The van der Waals surface area contributed by atoms with Gasteiger partial charge in [0.05, 0.1) is 0 Å². The van der Waals surface area contributed by atoms with Crippen LogP contribution >= 0.6 is 0 Å². The Hall–Kier alpha value is -2.75. The maximum atomic E-state index is 12.0. The van der Waals surface area contributed by atoms with E-state index in [-0.39, 0.29) is 5.43 Å². The van der Waals surface area contributed by atoms with Crippen molar-refractivity contribution in [3.63, 3.8) is 0 Å². The van der Waals surface area contributed by atoms with Crippen molar-refractivity contribution in [1.82, 2.24) is 9.97 Å². The van der Waals surface area contributed by atoms with Gasteiger partial charge in [0.15, 0.2) is 16.8 Å². The Labute approximate surface area is 107 Å². The van der Waals surface area contributed by atoms with Gasteiger partial charge in [-0.15, -0.1) is 0 Å². The molecule has 0 amide bonds. The van der Waals surface area contributed by atoms with Crippen LogP contribution in [-0.4, -0.2) is 9.97 Å². The molecule has 1 aromatic carbocycles. The quantitative estimate of drug-likeness (QED) is 0.354. The SMILES string of the molecule is O=c1cc2oc3ccccc3nc-2c2ccncc12. The second-order valence-corrected chi connectivity index (χ2v) is 4.32. The third kappa shape index (κ3) is 1.43. The molecule has 0 saturated carbocycles. The van der Waals surface area contributed by atoms with E-state index >= 15 is 0 Å². The number of rotatable bonds is 0. The standard InChI is InChI=1S/C15H8N2O2/c18-12-7-14-15(9-5-6-16-8-10(9)12)17-11-3-1-2-4-13(11)19-14/h1-8H. The summed E-state index contributed by atoms with van der Waals surface area (Å²) < 4.78 is 5.75. The van der Waals surface area contributed by atoms with Gasteiger partial charge in [-0.05, 0) is 18.2 Å². The van der Waals surface area contributed by atoms with Crippen LogP contribution in [0.25, 0.3) is 33.3 Å². The van der Waals surface area contributed by atoms with E-state index in [1.165, 1.54) is 6.07 Å². The lowest BCUT2D eigenvalue weighted by molar-refractivity contribution is 0.614. The topological polar surface area (TPSA) is 56.0 Å². The molecule has 4 rings (SSSR count). The fraction of sp³-hybridized carbons (Fsp3) is 0. The molecular weight excluding hydrogens is 240 g/mol. The Morgan fingerprint density at radius 2 is 1.95 bits per heavy atom. The highest BCUT2D eigenvalue weighted by molar-refractivity contribution is 5.95. The van der Waals surface area contributed by atoms with Gasteiger partial charge in [0.25, 0.3) is 0 Å². The lowest BCUT2D eigenvalue weighted by Crippen LogP contribution is -2.04. The number of nitrogens with zero attached hydrogens (tertiary/aromatic N) is 2. The number of para-hydroxylation sites is 2. The van der Waals surface area contributed by atoms with Gasteiger partial charge in [0, 0.05) is 29.2 Å². The average Bonchev–Trinajstić information content (AvgIpc) is 2.46. The predicted octanol–water partition coefficient (Wildman–Crippen LogP) is 2.84. The van der Waals surface area contributed by atoms with Gasteiger partial charge >= 0.3 is 0 Å². The number of aromatic nitrogens is 2.